The van der Waals surface area contributed by atoms with Gasteiger partial charge >= 0.3 is 0 Å². The van der Waals surface area contributed by atoms with Crippen LogP contribution < -0.4 is 10.1 Å². The summed E-state index contributed by atoms with van der Waals surface area (Å²) in [4.78, 5) is 14.9. The van der Waals surface area contributed by atoms with Crippen molar-refractivity contribution in [2.24, 2.45) is 0 Å². The van der Waals surface area contributed by atoms with Gasteiger partial charge in [0.15, 0.2) is 0 Å². The molecule has 1 aliphatic heterocycles. The highest BCUT2D eigenvalue weighted by Gasteiger charge is 2.11. The molecule has 0 radical (unpaired) electrons. The average Bonchev–Trinajstić information content (AvgIpc) is 3.42. The first-order valence-corrected chi connectivity index (χ1v) is 15.4. The maximum atomic E-state index is 12.7. The molecule has 202 valence electrons. The van der Waals surface area contributed by atoms with Crippen LogP contribution in [0, 0.1) is 0 Å². The monoisotopic (exact) mass is 542 g/mol. The first kappa shape index (κ1) is 29.4. The van der Waals surface area contributed by atoms with Gasteiger partial charge in [-0.1, -0.05) is 101 Å². The van der Waals surface area contributed by atoms with E-state index in [4.69, 9.17) is 16.3 Å². The highest BCUT2D eigenvalue weighted by molar-refractivity contribution is 8.02. The minimum Gasteiger partial charge on any atom is -0.492 e. The maximum absolute atomic E-state index is 12.7. The number of thioether (sulfide) groups is 1. The fourth-order valence-electron chi connectivity index (χ4n) is 4.42. The van der Waals surface area contributed by atoms with Crippen molar-refractivity contribution < 1.29 is 9.53 Å². The van der Waals surface area contributed by atoms with Crippen LogP contribution in [0.3, 0.4) is 0 Å². The Kier molecular flexibility index (Phi) is 13.9. The molecule has 0 atom stereocenters. The molecule has 0 saturated carbocycles. The molecular weight excluding hydrogens is 500 g/mol. The van der Waals surface area contributed by atoms with Gasteiger partial charge in [-0.15, -0.1) is 11.8 Å². The average molecular weight is 543 g/mol. The fourth-order valence-corrected chi connectivity index (χ4v) is 5.37. The van der Waals surface area contributed by atoms with Gasteiger partial charge in [0.1, 0.15) is 5.75 Å². The second-order valence-electron chi connectivity index (χ2n) is 9.86. The van der Waals surface area contributed by atoms with Crippen molar-refractivity contribution in [3.63, 3.8) is 0 Å². The molecular formula is C31H43ClN2O2S. The van der Waals surface area contributed by atoms with Crippen LogP contribution in [-0.2, 0) is 6.54 Å². The lowest BCUT2D eigenvalue weighted by atomic mass is 10.1. The Morgan fingerprint density at radius 3 is 2.16 bits per heavy atom. The smallest absolute Gasteiger partial charge is 0.255 e. The highest BCUT2D eigenvalue weighted by Crippen LogP contribution is 2.26. The molecule has 0 aromatic heterocycles. The third-order valence-electron chi connectivity index (χ3n) is 6.66. The van der Waals surface area contributed by atoms with E-state index in [2.05, 4.69) is 28.7 Å². The van der Waals surface area contributed by atoms with Crippen LogP contribution in [0.15, 0.2) is 54.1 Å². The number of ether oxygens (including phenoxy) is 1. The van der Waals surface area contributed by atoms with Crippen LogP contribution in [0.5, 0.6) is 5.75 Å². The van der Waals surface area contributed by atoms with Crippen LogP contribution in [-0.4, -0.2) is 23.3 Å². The van der Waals surface area contributed by atoms with Gasteiger partial charge in [-0.3, -0.25) is 4.79 Å². The predicted octanol–water partition coefficient (Wildman–Crippen LogP) is 9.65. The van der Waals surface area contributed by atoms with Gasteiger partial charge in [-0.2, -0.15) is 0 Å². The number of anilines is 1. The largest absolute Gasteiger partial charge is 0.492 e. The molecule has 3 rings (SSSR count). The number of halogens is 1. The van der Waals surface area contributed by atoms with E-state index in [9.17, 15) is 4.79 Å². The Morgan fingerprint density at radius 2 is 1.57 bits per heavy atom. The van der Waals surface area contributed by atoms with Crippen LogP contribution in [0.25, 0.3) is 0 Å². The molecule has 0 bridgehead atoms. The fraction of sp³-hybridized carbons (Fsp3) is 0.516. The SMILES string of the molecule is CCCCCCCCCCCCCCOc1ccc(C(=O)Nc2ccc(CN3C=CSC3)cc2)cc1Cl. The molecule has 1 aliphatic rings. The lowest BCUT2D eigenvalue weighted by molar-refractivity contribution is 0.102. The maximum Gasteiger partial charge on any atom is 0.255 e. The molecule has 1 amide bonds. The zero-order valence-electron chi connectivity index (χ0n) is 22.4. The van der Waals surface area contributed by atoms with E-state index in [1.54, 1.807) is 30.0 Å². The Labute approximate surface area is 233 Å². The summed E-state index contributed by atoms with van der Waals surface area (Å²) in [5.41, 5.74) is 2.50. The molecule has 0 unspecified atom stereocenters. The highest BCUT2D eigenvalue weighted by atomic mass is 35.5. The van der Waals surface area contributed by atoms with E-state index >= 15 is 0 Å². The molecule has 1 N–H and O–H groups in total. The normalized spacial score (nSPS) is 12.8. The Hall–Kier alpha value is -2.11. The Morgan fingerprint density at radius 1 is 0.919 bits per heavy atom. The van der Waals surface area contributed by atoms with Crippen LogP contribution in [0.1, 0.15) is 99.9 Å². The van der Waals surface area contributed by atoms with Gasteiger partial charge < -0.3 is 15.0 Å². The van der Waals surface area contributed by atoms with Crippen molar-refractivity contribution in [1.29, 1.82) is 0 Å². The third-order valence-corrected chi connectivity index (χ3v) is 7.75. The summed E-state index contributed by atoms with van der Waals surface area (Å²) in [5, 5.41) is 5.53. The van der Waals surface area contributed by atoms with E-state index in [0.717, 1.165) is 24.5 Å². The van der Waals surface area contributed by atoms with Crippen LogP contribution >= 0.6 is 23.4 Å². The second-order valence-corrected chi connectivity index (χ2v) is 11.1. The molecule has 0 spiro atoms. The predicted molar refractivity (Wildman–Crippen MR) is 160 cm³/mol. The summed E-state index contributed by atoms with van der Waals surface area (Å²) in [6.07, 6.45) is 17.9. The van der Waals surface area contributed by atoms with Gasteiger partial charge in [0.25, 0.3) is 5.91 Å². The number of benzene rings is 2. The molecule has 1 heterocycles. The number of amides is 1. The van der Waals surface area contributed by atoms with Crippen molar-refractivity contribution in [3.05, 3.63) is 70.2 Å². The minimum absolute atomic E-state index is 0.180. The Balaban J connectivity index is 1.28. The molecule has 2 aromatic rings. The lowest BCUT2D eigenvalue weighted by Crippen LogP contribution is -2.13. The van der Waals surface area contributed by atoms with Gasteiger partial charge in [0.05, 0.1) is 17.5 Å². The van der Waals surface area contributed by atoms with Crippen molar-refractivity contribution in [1.82, 2.24) is 4.90 Å². The summed E-state index contributed by atoms with van der Waals surface area (Å²) in [6, 6.07) is 13.2. The van der Waals surface area contributed by atoms with Crippen molar-refractivity contribution in [2.45, 2.75) is 90.5 Å². The van der Waals surface area contributed by atoms with E-state index in [1.807, 2.05) is 24.3 Å². The first-order chi connectivity index (χ1) is 18.2. The second kappa shape index (κ2) is 17.4. The number of hydrogen-bond donors (Lipinski definition) is 1. The molecule has 6 heteroatoms. The summed E-state index contributed by atoms with van der Waals surface area (Å²) in [6.45, 7) is 3.79. The molecule has 0 saturated heterocycles. The zero-order valence-corrected chi connectivity index (χ0v) is 23.9. The number of carbonyl (C=O) groups is 1. The number of hydrogen-bond acceptors (Lipinski definition) is 4. The van der Waals surface area contributed by atoms with Crippen molar-refractivity contribution in [3.8, 4) is 5.75 Å². The van der Waals surface area contributed by atoms with E-state index < -0.39 is 0 Å². The lowest BCUT2D eigenvalue weighted by Gasteiger charge is -2.15. The number of unbranched alkanes of at least 4 members (excludes halogenated alkanes) is 11. The molecule has 0 fully saturated rings. The van der Waals surface area contributed by atoms with Crippen molar-refractivity contribution in [2.75, 3.05) is 17.8 Å². The first-order valence-electron chi connectivity index (χ1n) is 14.0. The molecule has 37 heavy (non-hydrogen) atoms. The standard InChI is InChI=1S/C31H43ClN2O2S/c1-2-3-4-5-6-7-8-9-10-11-12-13-21-36-30-19-16-27(23-29(30)32)31(35)33-28-17-14-26(15-18-28)24-34-20-22-37-25-34/h14-20,22-23H,2-13,21,24-25H2,1H3,(H,33,35). The Bertz CT molecular complexity index is 964. The summed E-state index contributed by atoms with van der Waals surface area (Å²) in [5.74, 6) is 1.44. The quantitative estimate of drug-likeness (QED) is 0.190. The number of nitrogens with zero attached hydrogens (tertiary/aromatic N) is 1. The zero-order chi connectivity index (χ0) is 26.1. The van der Waals surface area contributed by atoms with Gasteiger partial charge in [-0.05, 0) is 47.7 Å². The summed E-state index contributed by atoms with van der Waals surface area (Å²) in [7, 11) is 0. The van der Waals surface area contributed by atoms with E-state index in [0.29, 0.717) is 22.9 Å². The topological polar surface area (TPSA) is 41.6 Å². The third kappa shape index (κ3) is 11.4. The molecule has 4 nitrogen and oxygen atoms in total. The minimum atomic E-state index is -0.180. The van der Waals surface area contributed by atoms with E-state index in [1.165, 1.54) is 76.2 Å². The van der Waals surface area contributed by atoms with Crippen molar-refractivity contribution >= 4 is 35.0 Å². The van der Waals surface area contributed by atoms with Gasteiger partial charge in [-0.25, -0.2) is 0 Å². The number of rotatable bonds is 18. The number of nitrogens with one attached hydrogen (secondary N) is 1. The van der Waals surface area contributed by atoms with Gasteiger partial charge in [0.2, 0.25) is 0 Å². The molecule has 2 aromatic carbocycles. The van der Waals surface area contributed by atoms with E-state index in [-0.39, 0.29) is 5.91 Å². The van der Waals surface area contributed by atoms with Gasteiger partial charge in [0, 0.05) is 24.0 Å². The van der Waals surface area contributed by atoms with Crippen LogP contribution in [0.4, 0.5) is 5.69 Å². The van der Waals surface area contributed by atoms with Crippen LogP contribution in [0.2, 0.25) is 5.02 Å². The summed E-state index contributed by atoms with van der Waals surface area (Å²) < 4.78 is 5.88. The number of carbonyl (C=O) groups excluding carboxylic acids is 1. The molecule has 0 aliphatic carbocycles. The summed E-state index contributed by atoms with van der Waals surface area (Å²) >= 11 is 8.21.